The van der Waals surface area contributed by atoms with Crippen LogP contribution in [-0.2, 0) is 4.79 Å². The largest absolute Gasteiger partial charge is 0.493 e. The summed E-state index contributed by atoms with van der Waals surface area (Å²) >= 11 is 8.54. The van der Waals surface area contributed by atoms with Crippen LogP contribution < -0.4 is 14.4 Å². The van der Waals surface area contributed by atoms with Gasteiger partial charge < -0.3 is 9.47 Å². The van der Waals surface area contributed by atoms with Crippen molar-refractivity contribution in [1.29, 1.82) is 0 Å². The topological polar surface area (TPSA) is 38.8 Å². The van der Waals surface area contributed by atoms with Crippen LogP contribution in [0, 0.1) is 0 Å². The van der Waals surface area contributed by atoms with E-state index in [4.69, 9.17) is 21.7 Å². The number of fused-ring (bicyclic) bond motifs is 1. The van der Waals surface area contributed by atoms with E-state index in [-0.39, 0.29) is 5.91 Å². The predicted octanol–water partition coefficient (Wildman–Crippen LogP) is 7.43. The molecule has 0 unspecified atom stereocenters. The van der Waals surface area contributed by atoms with E-state index < -0.39 is 0 Å². The summed E-state index contributed by atoms with van der Waals surface area (Å²) in [5.74, 6) is 1.98. The van der Waals surface area contributed by atoms with Crippen molar-refractivity contribution >= 4 is 68.5 Å². The van der Waals surface area contributed by atoms with E-state index in [0.29, 0.717) is 27.3 Å². The Labute approximate surface area is 224 Å². The van der Waals surface area contributed by atoms with Crippen LogP contribution in [0.1, 0.15) is 5.56 Å². The second-order valence-corrected chi connectivity index (χ2v) is 10.7. The van der Waals surface area contributed by atoms with Gasteiger partial charge in [0, 0.05) is 10.6 Å². The molecule has 1 aliphatic heterocycles. The van der Waals surface area contributed by atoms with Crippen molar-refractivity contribution in [2.75, 3.05) is 24.4 Å². The van der Waals surface area contributed by atoms with E-state index in [1.165, 1.54) is 27.4 Å². The number of para-hydroxylation sites is 1. The van der Waals surface area contributed by atoms with E-state index in [2.05, 4.69) is 42.5 Å². The summed E-state index contributed by atoms with van der Waals surface area (Å²) in [6.45, 7) is 0.541. The molecule has 0 aromatic heterocycles. The van der Waals surface area contributed by atoms with Gasteiger partial charge in [-0.1, -0.05) is 84.6 Å². The molecular formula is C29H23NO3S3. The van der Waals surface area contributed by atoms with Crippen LogP contribution in [0.15, 0.2) is 101 Å². The van der Waals surface area contributed by atoms with Crippen LogP contribution in [0.2, 0.25) is 0 Å². The predicted molar refractivity (Wildman–Crippen MR) is 155 cm³/mol. The molecule has 1 heterocycles. The lowest BCUT2D eigenvalue weighted by molar-refractivity contribution is -0.113. The number of carbonyl (C=O) groups excluding carboxylic acids is 1. The lowest BCUT2D eigenvalue weighted by Gasteiger charge is -2.14. The molecule has 180 valence electrons. The first-order valence-corrected chi connectivity index (χ1v) is 13.6. The smallest absolute Gasteiger partial charge is 0.270 e. The number of hydrogen-bond acceptors (Lipinski definition) is 6. The second-order valence-electron chi connectivity index (χ2n) is 7.94. The maximum atomic E-state index is 13.0. The van der Waals surface area contributed by atoms with Gasteiger partial charge in [0.05, 0.1) is 24.3 Å². The number of hydrogen-bond donors (Lipinski definition) is 0. The van der Waals surface area contributed by atoms with E-state index in [9.17, 15) is 4.79 Å². The number of carbonyl (C=O) groups is 1. The van der Waals surface area contributed by atoms with Gasteiger partial charge in [-0.15, -0.1) is 11.8 Å². The van der Waals surface area contributed by atoms with Crippen molar-refractivity contribution in [2.24, 2.45) is 0 Å². The number of ether oxygens (including phenoxy) is 2. The van der Waals surface area contributed by atoms with Crippen LogP contribution in [0.5, 0.6) is 11.5 Å². The number of rotatable bonds is 8. The SMILES string of the molecule is COc1cc(C=C2SC(=S)N(c3ccccc3)C2=O)ccc1OCCSc1cccc2ccccc12. The maximum absolute atomic E-state index is 13.0. The molecule has 0 atom stereocenters. The Balaban J connectivity index is 1.24. The van der Waals surface area contributed by atoms with Gasteiger partial charge in [-0.3, -0.25) is 9.69 Å². The Morgan fingerprint density at radius 3 is 2.56 bits per heavy atom. The van der Waals surface area contributed by atoms with Gasteiger partial charge >= 0.3 is 0 Å². The molecule has 0 radical (unpaired) electrons. The van der Waals surface area contributed by atoms with Crippen LogP contribution in [0.25, 0.3) is 16.8 Å². The second kappa shape index (κ2) is 11.2. The average Bonchev–Trinajstić information content (AvgIpc) is 3.19. The zero-order chi connectivity index (χ0) is 24.9. The van der Waals surface area contributed by atoms with Gasteiger partial charge in [-0.25, -0.2) is 0 Å². The molecule has 4 nitrogen and oxygen atoms in total. The van der Waals surface area contributed by atoms with E-state index in [1.807, 2.05) is 54.6 Å². The first-order valence-electron chi connectivity index (χ1n) is 11.4. The van der Waals surface area contributed by atoms with Crippen LogP contribution in [0.4, 0.5) is 5.69 Å². The molecular weight excluding hydrogens is 507 g/mol. The van der Waals surface area contributed by atoms with Crippen molar-refractivity contribution in [3.05, 3.63) is 101 Å². The molecule has 0 bridgehead atoms. The number of amides is 1. The average molecular weight is 530 g/mol. The van der Waals surface area contributed by atoms with E-state index >= 15 is 0 Å². The molecule has 0 aliphatic carbocycles. The summed E-state index contributed by atoms with van der Waals surface area (Å²) in [6.07, 6.45) is 1.84. The summed E-state index contributed by atoms with van der Waals surface area (Å²) in [5.41, 5.74) is 1.61. The number of thioether (sulfide) groups is 2. The number of benzene rings is 4. The molecule has 7 heteroatoms. The van der Waals surface area contributed by atoms with Crippen molar-refractivity contribution in [3.63, 3.8) is 0 Å². The first-order chi connectivity index (χ1) is 17.6. The van der Waals surface area contributed by atoms with Gasteiger partial charge in [0.25, 0.3) is 5.91 Å². The summed E-state index contributed by atoms with van der Waals surface area (Å²) in [4.78, 5) is 16.4. The Hall–Kier alpha value is -3.26. The van der Waals surface area contributed by atoms with Crippen LogP contribution in [-0.4, -0.2) is 29.7 Å². The van der Waals surface area contributed by atoms with Gasteiger partial charge in [0.15, 0.2) is 15.8 Å². The Kier molecular flexibility index (Phi) is 7.60. The lowest BCUT2D eigenvalue weighted by atomic mass is 10.1. The molecule has 1 fully saturated rings. The zero-order valence-corrected chi connectivity index (χ0v) is 22.0. The highest BCUT2D eigenvalue weighted by Crippen LogP contribution is 2.37. The molecule has 1 aliphatic rings. The summed E-state index contributed by atoms with van der Waals surface area (Å²) in [5, 5.41) is 2.49. The normalized spacial score (nSPS) is 14.6. The number of thiocarbonyl (C=S) groups is 1. The highest BCUT2D eigenvalue weighted by molar-refractivity contribution is 8.27. The van der Waals surface area contributed by atoms with Gasteiger partial charge in [0.2, 0.25) is 0 Å². The fourth-order valence-corrected chi connectivity index (χ4v) is 6.14. The molecule has 0 spiro atoms. The number of nitrogens with zero attached hydrogens (tertiary/aromatic N) is 1. The number of anilines is 1. The summed E-state index contributed by atoms with van der Waals surface area (Å²) < 4.78 is 12.1. The first kappa shape index (κ1) is 24.4. The fourth-order valence-electron chi connectivity index (χ4n) is 3.94. The summed E-state index contributed by atoms with van der Waals surface area (Å²) in [6, 6.07) is 29.9. The van der Waals surface area contributed by atoms with Crippen molar-refractivity contribution in [2.45, 2.75) is 4.90 Å². The highest BCUT2D eigenvalue weighted by Gasteiger charge is 2.33. The van der Waals surface area contributed by atoms with Crippen LogP contribution in [0.3, 0.4) is 0 Å². The lowest BCUT2D eigenvalue weighted by Crippen LogP contribution is -2.27. The van der Waals surface area contributed by atoms with Gasteiger partial charge in [0.1, 0.15) is 0 Å². The monoisotopic (exact) mass is 529 g/mol. The minimum atomic E-state index is -0.124. The Morgan fingerprint density at radius 2 is 1.72 bits per heavy atom. The Bertz CT molecular complexity index is 1450. The molecule has 0 N–H and O–H groups in total. The standard InChI is InChI=1S/C29H23NO3S3/c1-32-25-18-20(19-27-28(31)30(29(34)36-27)22-10-3-2-4-11-22)14-15-24(25)33-16-17-35-26-13-7-9-21-8-5-6-12-23(21)26/h2-15,18-19H,16-17H2,1H3. The molecule has 5 rings (SSSR count). The van der Waals surface area contributed by atoms with Crippen LogP contribution >= 0.6 is 35.7 Å². The van der Waals surface area contributed by atoms with Gasteiger partial charge in [-0.2, -0.15) is 0 Å². The van der Waals surface area contributed by atoms with Crippen molar-refractivity contribution in [1.82, 2.24) is 0 Å². The molecule has 1 saturated heterocycles. The van der Waals surface area contributed by atoms with E-state index in [1.54, 1.807) is 23.8 Å². The third kappa shape index (κ3) is 5.28. The molecule has 1 amide bonds. The zero-order valence-electron chi connectivity index (χ0n) is 19.5. The summed E-state index contributed by atoms with van der Waals surface area (Å²) in [7, 11) is 1.62. The molecule has 4 aromatic rings. The number of methoxy groups -OCH3 is 1. The van der Waals surface area contributed by atoms with Gasteiger partial charge in [-0.05, 0) is 52.7 Å². The third-order valence-corrected chi connectivity index (χ3v) is 7.98. The van der Waals surface area contributed by atoms with Crippen molar-refractivity contribution < 1.29 is 14.3 Å². The third-order valence-electron chi connectivity index (χ3n) is 5.64. The minimum absolute atomic E-state index is 0.124. The Morgan fingerprint density at radius 1 is 0.944 bits per heavy atom. The molecule has 0 saturated carbocycles. The molecule has 36 heavy (non-hydrogen) atoms. The fraction of sp³-hybridized carbons (Fsp3) is 0.103. The minimum Gasteiger partial charge on any atom is -0.493 e. The maximum Gasteiger partial charge on any atom is 0.270 e. The quantitative estimate of drug-likeness (QED) is 0.102. The molecule has 4 aromatic carbocycles. The van der Waals surface area contributed by atoms with E-state index in [0.717, 1.165) is 17.0 Å². The highest BCUT2D eigenvalue weighted by atomic mass is 32.2. The van der Waals surface area contributed by atoms with Crippen molar-refractivity contribution in [3.8, 4) is 11.5 Å².